The van der Waals surface area contributed by atoms with Gasteiger partial charge in [-0.15, -0.1) is 41.2 Å². The predicted octanol–water partition coefficient (Wildman–Crippen LogP) is 15.0. The van der Waals surface area contributed by atoms with E-state index >= 15 is 0 Å². The standard InChI is InChI=1S/C71H48BN4O2.Pt/c1-71(2,3)49-26-19-29-51(42-49)76-60-34-15-13-30-56(60)57-41-40-52(44-65(57)76)77-53-43-59-70(78-67-39-21-38-64-68(67)72(59)58-33-14-16-35-61(58)75(64)50-27-11-6-12-28-50)66(45-53)73-46-74(63-37-18-17-36-62(63)73)69-54(47-22-7-4-8-23-47)31-20-32-55(69)48-24-9-5-10-25-48;/h4-28,30-43H,1-3H3;/q-3;+4. The molecule has 6 nitrogen and oxygen atoms in total. The molecule has 2 aliphatic rings. The zero-order chi connectivity index (χ0) is 52.1. The predicted molar refractivity (Wildman–Crippen MR) is 316 cm³/mol. The van der Waals surface area contributed by atoms with Crippen molar-refractivity contribution in [3.05, 3.63) is 267 Å². The number of anilines is 3. The van der Waals surface area contributed by atoms with E-state index < -0.39 is 0 Å². The van der Waals surface area contributed by atoms with Gasteiger partial charge in [0.1, 0.15) is 5.75 Å². The van der Waals surface area contributed by atoms with Crippen LogP contribution in [0.25, 0.3) is 72.2 Å². The molecule has 0 N–H and O–H groups in total. The molecule has 0 bridgehead atoms. The van der Waals surface area contributed by atoms with Crippen molar-refractivity contribution >= 4 is 73.0 Å². The Balaban J connectivity index is 0.00000564. The number of hydrogen-bond donors (Lipinski definition) is 0. The number of ether oxygens (including phenoxy) is 2. The van der Waals surface area contributed by atoms with Gasteiger partial charge in [-0.3, -0.25) is 4.57 Å². The van der Waals surface area contributed by atoms with Gasteiger partial charge in [-0.2, -0.15) is 29.8 Å². The molecule has 0 radical (unpaired) electrons. The number of para-hydroxylation sites is 6. The number of benzene rings is 11. The first-order valence-electron chi connectivity index (χ1n) is 26.5. The van der Waals surface area contributed by atoms with Gasteiger partial charge in [0.2, 0.25) is 6.71 Å². The minimum Gasteiger partial charge on any atom is -0.521 e. The summed E-state index contributed by atoms with van der Waals surface area (Å²) in [6.07, 6.45) is 3.94. The number of nitrogens with zero attached hydrogens (tertiary/aromatic N) is 4. The van der Waals surface area contributed by atoms with E-state index in [9.17, 15) is 0 Å². The molecule has 0 unspecified atom stereocenters. The second-order valence-corrected chi connectivity index (χ2v) is 21.2. The van der Waals surface area contributed by atoms with Crippen molar-refractivity contribution in [2.24, 2.45) is 0 Å². The second kappa shape index (κ2) is 19.1. The molecule has 0 spiro atoms. The van der Waals surface area contributed by atoms with E-state index in [1.165, 1.54) is 5.56 Å². The molecule has 13 aromatic rings. The molecule has 4 heterocycles. The second-order valence-electron chi connectivity index (χ2n) is 21.2. The summed E-state index contributed by atoms with van der Waals surface area (Å²) in [4.78, 5) is 2.36. The Morgan fingerprint density at radius 1 is 0.557 bits per heavy atom. The molecule has 0 atom stereocenters. The van der Waals surface area contributed by atoms with Crippen LogP contribution in [0.5, 0.6) is 23.0 Å². The number of rotatable bonds is 8. The first-order chi connectivity index (χ1) is 38.3. The largest absolute Gasteiger partial charge is 4.00 e. The van der Waals surface area contributed by atoms with Gasteiger partial charge < -0.3 is 23.5 Å². The summed E-state index contributed by atoms with van der Waals surface area (Å²) >= 11 is 0. The Bertz CT molecular complexity index is 4450. The van der Waals surface area contributed by atoms with Crippen LogP contribution in [0.2, 0.25) is 0 Å². The quantitative estimate of drug-likeness (QED) is 0.0864. The van der Waals surface area contributed by atoms with Crippen LogP contribution >= 0.6 is 0 Å². The maximum absolute atomic E-state index is 7.38. The van der Waals surface area contributed by atoms with Crippen LogP contribution in [-0.2, 0) is 26.5 Å². The SMILES string of the molecule is CC(C)(C)c1cc[c-]c(-n2c3[c-]c(Oc4[c-]c(-n5[c-][n+](-c6c(-c7ccccc7)cccc6-c6ccccc6)c6ccccc65)c5c(c4)B4c6ccccc6N(c6ccccc6)c6cccc(c64)O5)ccc3c3ccccc32)c1.[Pt+4]. The van der Waals surface area contributed by atoms with Crippen molar-refractivity contribution in [1.29, 1.82) is 0 Å². The molecule has 0 fully saturated rings. The van der Waals surface area contributed by atoms with E-state index in [1.54, 1.807) is 0 Å². The Morgan fingerprint density at radius 2 is 1.22 bits per heavy atom. The van der Waals surface area contributed by atoms with E-state index in [0.29, 0.717) is 22.9 Å². The van der Waals surface area contributed by atoms with Crippen LogP contribution in [0.3, 0.4) is 0 Å². The van der Waals surface area contributed by atoms with E-state index in [1.807, 2.05) is 12.1 Å². The summed E-state index contributed by atoms with van der Waals surface area (Å²) in [6, 6.07) is 94.4. The van der Waals surface area contributed by atoms with Crippen LogP contribution in [-0.4, -0.2) is 15.8 Å². The maximum atomic E-state index is 7.38. The van der Waals surface area contributed by atoms with E-state index in [-0.39, 0.29) is 33.2 Å². The molecule has 11 aromatic carbocycles. The zero-order valence-corrected chi connectivity index (χ0v) is 45.8. The van der Waals surface area contributed by atoms with Crippen molar-refractivity contribution in [1.82, 2.24) is 9.13 Å². The Labute approximate surface area is 474 Å². The molecule has 0 saturated carbocycles. The molecule has 0 aliphatic carbocycles. The van der Waals surface area contributed by atoms with Crippen molar-refractivity contribution in [3.63, 3.8) is 0 Å². The minimum absolute atomic E-state index is 0. The van der Waals surface area contributed by atoms with Gasteiger partial charge in [-0.05, 0) is 86.1 Å². The van der Waals surface area contributed by atoms with Crippen LogP contribution in [0, 0.1) is 24.5 Å². The number of hydrogen-bond acceptors (Lipinski definition) is 3. The van der Waals surface area contributed by atoms with Crippen LogP contribution in [0.4, 0.5) is 17.1 Å². The smallest absolute Gasteiger partial charge is 0.521 e. The fourth-order valence-electron chi connectivity index (χ4n) is 11.9. The number of imidazole rings is 1. The monoisotopic (exact) mass is 1190 g/mol. The maximum Gasteiger partial charge on any atom is 4.00 e. The number of aromatic nitrogens is 3. The summed E-state index contributed by atoms with van der Waals surface area (Å²) in [5, 5.41) is 2.21. The van der Waals surface area contributed by atoms with Crippen molar-refractivity contribution in [3.8, 4) is 62.3 Å². The van der Waals surface area contributed by atoms with Crippen LogP contribution in [0.15, 0.2) is 237 Å². The molecule has 2 aliphatic heterocycles. The summed E-state index contributed by atoms with van der Waals surface area (Å²) in [7, 11) is 0. The van der Waals surface area contributed by atoms with Gasteiger partial charge in [-0.25, -0.2) is 0 Å². The Hall–Kier alpha value is -9.16. The molecule has 0 saturated heterocycles. The molecule has 376 valence electrons. The van der Waals surface area contributed by atoms with Gasteiger partial charge in [-0.1, -0.05) is 196 Å². The fourth-order valence-corrected chi connectivity index (χ4v) is 11.9. The molecule has 0 amide bonds. The molecule has 8 heteroatoms. The first kappa shape index (κ1) is 48.2. The topological polar surface area (TPSA) is 35.4 Å². The van der Waals surface area contributed by atoms with Gasteiger partial charge in [0.15, 0.2) is 0 Å². The number of fused-ring (bicyclic) bond motifs is 8. The van der Waals surface area contributed by atoms with Crippen molar-refractivity contribution in [2.45, 2.75) is 26.2 Å². The van der Waals surface area contributed by atoms with Crippen molar-refractivity contribution in [2.75, 3.05) is 4.90 Å². The molecule has 2 aromatic heterocycles. The van der Waals surface area contributed by atoms with Crippen LogP contribution in [0.1, 0.15) is 26.3 Å². The summed E-state index contributed by atoms with van der Waals surface area (Å²) in [5.41, 5.74) is 18.4. The average molecular weight is 1200 g/mol. The normalized spacial score (nSPS) is 12.4. The molecular weight excluding hydrogens is 1150 g/mol. The van der Waals surface area contributed by atoms with Crippen molar-refractivity contribution < 1.29 is 35.1 Å². The Kier molecular flexibility index (Phi) is 11.7. The zero-order valence-electron chi connectivity index (χ0n) is 43.5. The summed E-state index contributed by atoms with van der Waals surface area (Å²) in [5.74, 6) is 2.53. The van der Waals surface area contributed by atoms with Gasteiger partial charge in [0, 0.05) is 39.8 Å². The third kappa shape index (κ3) is 7.94. The molecule has 15 rings (SSSR count). The average Bonchev–Trinajstić information content (AvgIpc) is 4.05. The van der Waals surface area contributed by atoms with Gasteiger partial charge in [0.25, 0.3) is 6.33 Å². The third-order valence-electron chi connectivity index (χ3n) is 15.5. The van der Waals surface area contributed by atoms with Crippen LogP contribution < -0.4 is 35.3 Å². The van der Waals surface area contributed by atoms with Gasteiger partial charge >= 0.3 is 21.1 Å². The van der Waals surface area contributed by atoms with E-state index in [4.69, 9.17) is 9.47 Å². The third-order valence-corrected chi connectivity index (χ3v) is 15.5. The summed E-state index contributed by atoms with van der Waals surface area (Å²) < 4.78 is 21.2. The first-order valence-corrected chi connectivity index (χ1v) is 26.5. The molecule has 79 heavy (non-hydrogen) atoms. The minimum atomic E-state index is -0.233. The Morgan fingerprint density at radius 3 is 1.97 bits per heavy atom. The van der Waals surface area contributed by atoms with E-state index in [0.717, 1.165) is 106 Å². The van der Waals surface area contributed by atoms with Gasteiger partial charge in [0.05, 0.1) is 16.7 Å². The summed E-state index contributed by atoms with van der Waals surface area (Å²) in [6.45, 7) is 6.50. The van der Waals surface area contributed by atoms with E-state index in [2.05, 4.69) is 288 Å². The fraction of sp³-hybridized carbons (Fsp3) is 0.0563. The molecular formula is C71H48BN4O2Pt+.